The van der Waals surface area contributed by atoms with Crippen LogP contribution in [0.25, 0.3) is 11.3 Å². The number of rotatable bonds is 2. The van der Waals surface area contributed by atoms with Crippen LogP contribution >= 0.6 is 23.2 Å². The van der Waals surface area contributed by atoms with Gasteiger partial charge in [-0.15, -0.1) is 0 Å². The summed E-state index contributed by atoms with van der Waals surface area (Å²) >= 11 is 11.8. The Morgan fingerprint density at radius 3 is 2.56 bits per heavy atom. The van der Waals surface area contributed by atoms with E-state index in [2.05, 4.69) is 10.3 Å². The molecule has 0 aliphatic carbocycles. The zero-order valence-corrected chi connectivity index (χ0v) is 10.2. The van der Waals surface area contributed by atoms with Crippen molar-refractivity contribution in [3.05, 3.63) is 46.4 Å². The lowest BCUT2D eigenvalue weighted by Gasteiger charge is -2.05. The maximum Gasteiger partial charge on any atom is 0.126 e. The highest BCUT2D eigenvalue weighted by Gasteiger charge is 2.03. The summed E-state index contributed by atoms with van der Waals surface area (Å²) in [7, 11) is 1.83. The lowest BCUT2D eigenvalue weighted by atomic mass is 10.1. The molecule has 4 heteroatoms. The van der Waals surface area contributed by atoms with Crippen molar-refractivity contribution in [2.45, 2.75) is 0 Å². The fraction of sp³-hybridized carbons (Fsp3) is 0.0833. The minimum atomic E-state index is 0.538. The van der Waals surface area contributed by atoms with Crippen molar-refractivity contribution >= 4 is 29.0 Å². The third kappa shape index (κ3) is 2.29. The smallest absolute Gasteiger partial charge is 0.126 e. The van der Waals surface area contributed by atoms with Gasteiger partial charge in [0.05, 0.1) is 15.7 Å². The normalized spacial score (nSPS) is 10.2. The van der Waals surface area contributed by atoms with Gasteiger partial charge in [0.25, 0.3) is 0 Å². The summed E-state index contributed by atoms with van der Waals surface area (Å²) in [6.07, 6.45) is 0. The molecular weight excluding hydrogens is 243 g/mol. The molecule has 0 atom stereocenters. The molecular formula is C12H10Cl2N2. The first-order valence-corrected chi connectivity index (χ1v) is 5.56. The van der Waals surface area contributed by atoms with Gasteiger partial charge in [-0.05, 0) is 24.3 Å². The Bertz CT molecular complexity index is 512. The molecule has 1 heterocycles. The standard InChI is InChI=1S/C12H10Cl2N2/c1-15-12-4-2-3-11(16-12)8-5-6-9(13)10(14)7-8/h2-7H,1H3,(H,15,16). The quantitative estimate of drug-likeness (QED) is 0.871. The lowest BCUT2D eigenvalue weighted by Crippen LogP contribution is -1.93. The number of hydrogen-bond acceptors (Lipinski definition) is 2. The van der Waals surface area contributed by atoms with Crippen molar-refractivity contribution in [1.82, 2.24) is 4.98 Å². The van der Waals surface area contributed by atoms with Gasteiger partial charge in [0.1, 0.15) is 5.82 Å². The van der Waals surface area contributed by atoms with Crippen LogP contribution in [0.1, 0.15) is 0 Å². The van der Waals surface area contributed by atoms with Crippen LogP contribution in [0.15, 0.2) is 36.4 Å². The second-order valence-electron chi connectivity index (χ2n) is 3.29. The van der Waals surface area contributed by atoms with Crippen LogP contribution < -0.4 is 5.32 Å². The first-order chi connectivity index (χ1) is 7.70. The highest BCUT2D eigenvalue weighted by atomic mass is 35.5. The Morgan fingerprint density at radius 2 is 1.88 bits per heavy atom. The van der Waals surface area contributed by atoms with Crippen molar-refractivity contribution in [3.63, 3.8) is 0 Å². The van der Waals surface area contributed by atoms with E-state index >= 15 is 0 Å². The summed E-state index contributed by atoms with van der Waals surface area (Å²) in [6.45, 7) is 0. The van der Waals surface area contributed by atoms with E-state index in [0.717, 1.165) is 17.1 Å². The van der Waals surface area contributed by atoms with Gasteiger partial charge in [0, 0.05) is 12.6 Å². The summed E-state index contributed by atoms with van der Waals surface area (Å²) in [5, 5.41) is 4.08. The summed E-state index contributed by atoms with van der Waals surface area (Å²) in [6, 6.07) is 11.3. The average Bonchev–Trinajstić information content (AvgIpc) is 2.33. The van der Waals surface area contributed by atoms with Gasteiger partial charge < -0.3 is 5.32 Å². The molecule has 2 nitrogen and oxygen atoms in total. The van der Waals surface area contributed by atoms with Gasteiger partial charge in [-0.2, -0.15) is 0 Å². The lowest BCUT2D eigenvalue weighted by molar-refractivity contribution is 1.29. The van der Waals surface area contributed by atoms with E-state index in [1.807, 2.05) is 37.4 Å². The summed E-state index contributed by atoms with van der Waals surface area (Å²) in [5.74, 6) is 0.823. The van der Waals surface area contributed by atoms with Crippen LogP contribution in [0, 0.1) is 0 Å². The van der Waals surface area contributed by atoms with Gasteiger partial charge in [-0.25, -0.2) is 4.98 Å². The topological polar surface area (TPSA) is 24.9 Å². The molecule has 0 spiro atoms. The largest absolute Gasteiger partial charge is 0.373 e. The van der Waals surface area contributed by atoms with E-state index in [1.165, 1.54) is 0 Å². The molecule has 0 bridgehead atoms. The predicted octanol–water partition coefficient (Wildman–Crippen LogP) is 4.10. The van der Waals surface area contributed by atoms with E-state index in [4.69, 9.17) is 23.2 Å². The number of anilines is 1. The fourth-order valence-corrected chi connectivity index (χ4v) is 1.69. The van der Waals surface area contributed by atoms with Gasteiger partial charge >= 0.3 is 0 Å². The number of aromatic nitrogens is 1. The van der Waals surface area contributed by atoms with Crippen molar-refractivity contribution in [2.75, 3.05) is 12.4 Å². The Hall–Kier alpha value is -1.25. The molecule has 1 aromatic heterocycles. The Balaban J connectivity index is 2.46. The molecule has 16 heavy (non-hydrogen) atoms. The number of halogens is 2. The number of benzene rings is 1. The minimum Gasteiger partial charge on any atom is -0.373 e. The first kappa shape index (κ1) is 11.2. The third-order valence-corrected chi connectivity index (χ3v) is 2.96. The van der Waals surface area contributed by atoms with Crippen LogP contribution in [0.3, 0.4) is 0 Å². The fourth-order valence-electron chi connectivity index (χ4n) is 1.39. The van der Waals surface area contributed by atoms with Gasteiger partial charge in [0.15, 0.2) is 0 Å². The molecule has 0 unspecified atom stereocenters. The molecule has 2 aromatic rings. The van der Waals surface area contributed by atoms with E-state index in [-0.39, 0.29) is 0 Å². The molecule has 0 fully saturated rings. The molecule has 0 amide bonds. The number of nitrogens with one attached hydrogen (secondary N) is 1. The zero-order valence-electron chi connectivity index (χ0n) is 8.67. The Morgan fingerprint density at radius 1 is 1.06 bits per heavy atom. The molecule has 0 aliphatic rings. The maximum absolute atomic E-state index is 5.96. The summed E-state index contributed by atoms with van der Waals surface area (Å²) in [4.78, 5) is 4.42. The van der Waals surface area contributed by atoms with E-state index in [0.29, 0.717) is 10.0 Å². The van der Waals surface area contributed by atoms with Gasteiger partial charge in [-0.3, -0.25) is 0 Å². The highest BCUT2D eigenvalue weighted by molar-refractivity contribution is 6.42. The average molecular weight is 253 g/mol. The molecule has 2 rings (SSSR count). The van der Waals surface area contributed by atoms with Crippen LogP contribution in [-0.2, 0) is 0 Å². The van der Waals surface area contributed by atoms with Crippen LogP contribution in [0.2, 0.25) is 10.0 Å². The highest BCUT2D eigenvalue weighted by Crippen LogP contribution is 2.27. The van der Waals surface area contributed by atoms with Crippen molar-refractivity contribution in [1.29, 1.82) is 0 Å². The third-order valence-electron chi connectivity index (χ3n) is 2.22. The van der Waals surface area contributed by atoms with Crippen molar-refractivity contribution < 1.29 is 0 Å². The predicted molar refractivity (Wildman–Crippen MR) is 69.2 cm³/mol. The van der Waals surface area contributed by atoms with Crippen LogP contribution in [0.5, 0.6) is 0 Å². The maximum atomic E-state index is 5.96. The van der Waals surface area contributed by atoms with Crippen molar-refractivity contribution in [2.24, 2.45) is 0 Å². The van der Waals surface area contributed by atoms with Gasteiger partial charge in [0.2, 0.25) is 0 Å². The molecule has 1 aromatic carbocycles. The number of hydrogen-bond donors (Lipinski definition) is 1. The van der Waals surface area contributed by atoms with E-state index in [9.17, 15) is 0 Å². The Kier molecular flexibility index (Phi) is 3.32. The first-order valence-electron chi connectivity index (χ1n) is 4.81. The van der Waals surface area contributed by atoms with E-state index in [1.54, 1.807) is 6.07 Å². The van der Waals surface area contributed by atoms with Crippen molar-refractivity contribution in [3.8, 4) is 11.3 Å². The van der Waals surface area contributed by atoms with Gasteiger partial charge in [-0.1, -0.05) is 35.3 Å². The SMILES string of the molecule is CNc1cccc(-c2ccc(Cl)c(Cl)c2)n1. The van der Waals surface area contributed by atoms with E-state index < -0.39 is 0 Å². The summed E-state index contributed by atoms with van der Waals surface area (Å²) < 4.78 is 0. The molecule has 1 N–H and O–H groups in total. The number of nitrogens with zero attached hydrogens (tertiary/aromatic N) is 1. The summed E-state index contributed by atoms with van der Waals surface area (Å²) in [5.41, 5.74) is 1.82. The molecule has 0 saturated heterocycles. The van der Waals surface area contributed by atoms with Crippen LogP contribution in [0.4, 0.5) is 5.82 Å². The monoisotopic (exact) mass is 252 g/mol. The molecule has 82 valence electrons. The molecule has 0 radical (unpaired) electrons. The Labute approximate surface area is 104 Å². The second kappa shape index (κ2) is 4.73. The number of pyridine rings is 1. The molecule has 0 saturated carbocycles. The second-order valence-corrected chi connectivity index (χ2v) is 4.10. The molecule has 0 aliphatic heterocycles. The zero-order chi connectivity index (χ0) is 11.5. The minimum absolute atomic E-state index is 0.538. The van der Waals surface area contributed by atoms with Crippen LogP contribution in [-0.4, -0.2) is 12.0 Å².